The van der Waals surface area contributed by atoms with Crippen LogP contribution in [0.5, 0.6) is 0 Å². The monoisotopic (exact) mass is 411 g/mol. The summed E-state index contributed by atoms with van der Waals surface area (Å²) in [5.74, 6) is -0.139. The Balaban J connectivity index is 1.49. The van der Waals surface area contributed by atoms with E-state index in [1.807, 2.05) is 35.2 Å². The minimum absolute atomic E-state index is 0.0685. The molecule has 3 fully saturated rings. The molecule has 0 spiro atoms. The maximum atomic E-state index is 13.7. The highest BCUT2D eigenvalue weighted by Crippen LogP contribution is 2.40. The van der Waals surface area contributed by atoms with Gasteiger partial charge < -0.3 is 20.3 Å². The van der Waals surface area contributed by atoms with E-state index in [0.717, 1.165) is 37.2 Å². The zero-order chi connectivity index (χ0) is 20.5. The molecule has 4 heterocycles. The summed E-state index contributed by atoms with van der Waals surface area (Å²) in [6.07, 6.45) is 3.29. The summed E-state index contributed by atoms with van der Waals surface area (Å²) in [5.41, 5.74) is 5.65. The normalized spacial score (nSPS) is 29.9. The third-order valence-corrected chi connectivity index (χ3v) is 6.63. The first-order valence-corrected chi connectivity index (χ1v) is 10.9. The van der Waals surface area contributed by atoms with Crippen molar-refractivity contribution >= 4 is 11.8 Å². The molecule has 0 aromatic heterocycles. The summed E-state index contributed by atoms with van der Waals surface area (Å²) < 4.78 is 5.44. The lowest BCUT2D eigenvalue weighted by molar-refractivity contribution is -0.141. The number of piperidine rings is 1. The molecular formula is C22H29N5O3. The Bertz CT molecular complexity index is 817. The number of nitrogens with one attached hydrogen (secondary N) is 3. The van der Waals surface area contributed by atoms with Crippen molar-refractivity contribution in [3.8, 4) is 0 Å². The number of hydrogen-bond donors (Lipinski definition) is 3. The van der Waals surface area contributed by atoms with Crippen LogP contribution in [0.3, 0.4) is 0 Å². The molecule has 1 aromatic rings. The van der Waals surface area contributed by atoms with Crippen LogP contribution in [0.4, 0.5) is 0 Å². The summed E-state index contributed by atoms with van der Waals surface area (Å²) in [4.78, 5) is 28.2. The van der Waals surface area contributed by atoms with Crippen LogP contribution in [0.2, 0.25) is 0 Å². The van der Waals surface area contributed by atoms with Crippen LogP contribution in [0.25, 0.3) is 0 Å². The number of ether oxygens (including phenoxy) is 1. The number of morpholine rings is 1. The molecule has 1 aromatic carbocycles. The molecule has 0 bridgehead atoms. The van der Waals surface area contributed by atoms with E-state index in [2.05, 4.69) is 21.1 Å². The van der Waals surface area contributed by atoms with E-state index >= 15 is 0 Å². The molecule has 0 aliphatic carbocycles. The molecule has 3 saturated heterocycles. The van der Waals surface area contributed by atoms with E-state index in [1.54, 1.807) is 6.08 Å². The summed E-state index contributed by atoms with van der Waals surface area (Å²) in [5, 5.41) is 8.53. The first-order valence-electron chi connectivity index (χ1n) is 10.9. The van der Waals surface area contributed by atoms with E-state index in [-0.39, 0.29) is 17.9 Å². The Kier molecular flexibility index (Phi) is 5.45. The third-order valence-electron chi connectivity index (χ3n) is 6.63. The van der Waals surface area contributed by atoms with Gasteiger partial charge in [-0.1, -0.05) is 30.3 Å². The van der Waals surface area contributed by atoms with Crippen LogP contribution >= 0.6 is 0 Å². The Hall–Kier alpha value is -2.42. The van der Waals surface area contributed by atoms with E-state index in [9.17, 15) is 9.59 Å². The number of carbonyl (C=O) groups is 2. The number of carbonyl (C=O) groups excluding carboxylic acids is 2. The molecule has 3 N–H and O–H groups in total. The fourth-order valence-corrected chi connectivity index (χ4v) is 5.08. The van der Waals surface area contributed by atoms with Crippen LogP contribution < -0.4 is 16.1 Å². The van der Waals surface area contributed by atoms with Crippen molar-refractivity contribution in [1.29, 1.82) is 0 Å². The number of rotatable bonds is 3. The Morgan fingerprint density at radius 2 is 1.80 bits per heavy atom. The van der Waals surface area contributed by atoms with Crippen molar-refractivity contribution < 1.29 is 14.3 Å². The zero-order valence-electron chi connectivity index (χ0n) is 17.0. The second-order valence-corrected chi connectivity index (χ2v) is 8.40. The van der Waals surface area contributed by atoms with Gasteiger partial charge in [0.1, 0.15) is 6.17 Å². The van der Waals surface area contributed by atoms with Crippen LogP contribution in [-0.4, -0.2) is 67.3 Å². The third kappa shape index (κ3) is 3.59. The standard InChI is InChI=1S/C22H29N5O3/c28-18-14-17(15-6-8-23-9-7-15)27-21(24-18)19(22(29)26-10-12-30-13-11-26)20(25-27)16-4-2-1-3-5-16/h1-5,14-15,19-21,23,25H,6-13H2,(H,24,28). The average Bonchev–Trinajstić information content (AvgIpc) is 3.19. The van der Waals surface area contributed by atoms with Gasteiger partial charge in [0.2, 0.25) is 11.8 Å². The topological polar surface area (TPSA) is 85.9 Å². The molecule has 4 aliphatic rings. The average molecular weight is 412 g/mol. The molecule has 4 aliphatic heterocycles. The quantitative estimate of drug-likeness (QED) is 0.666. The Morgan fingerprint density at radius 1 is 1.07 bits per heavy atom. The summed E-state index contributed by atoms with van der Waals surface area (Å²) >= 11 is 0. The zero-order valence-corrected chi connectivity index (χ0v) is 17.0. The lowest BCUT2D eigenvalue weighted by atomic mass is 9.89. The fourth-order valence-electron chi connectivity index (χ4n) is 5.08. The van der Waals surface area contributed by atoms with Gasteiger partial charge in [-0.2, -0.15) is 0 Å². The molecule has 3 unspecified atom stereocenters. The second kappa shape index (κ2) is 8.37. The van der Waals surface area contributed by atoms with Crippen molar-refractivity contribution in [2.45, 2.75) is 25.0 Å². The first-order chi connectivity index (χ1) is 14.7. The van der Waals surface area contributed by atoms with Crippen LogP contribution in [0.15, 0.2) is 42.1 Å². The van der Waals surface area contributed by atoms with E-state index in [1.165, 1.54) is 0 Å². The molecular weight excluding hydrogens is 382 g/mol. The van der Waals surface area contributed by atoms with E-state index < -0.39 is 12.1 Å². The predicted octanol–water partition coefficient (Wildman–Crippen LogP) is 0.362. The predicted molar refractivity (Wildman–Crippen MR) is 111 cm³/mol. The summed E-state index contributed by atoms with van der Waals surface area (Å²) in [7, 11) is 0. The molecule has 8 nitrogen and oxygen atoms in total. The van der Waals surface area contributed by atoms with Crippen LogP contribution in [0, 0.1) is 11.8 Å². The minimum atomic E-state index is -0.403. The van der Waals surface area contributed by atoms with Gasteiger partial charge >= 0.3 is 0 Å². The lowest BCUT2D eigenvalue weighted by Gasteiger charge is -2.39. The highest BCUT2D eigenvalue weighted by molar-refractivity contribution is 5.91. The van der Waals surface area contributed by atoms with Crippen molar-refractivity contribution in [3.63, 3.8) is 0 Å². The number of allylic oxidation sites excluding steroid dienone is 1. The second-order valence-electron chi connectivity index (χ2n) is 8.40. The number of hydrogen-bond acceptors (Lipinski definition) is 6. The first kappa shape index (κ1) is 19.5. The van der Waals surface area contributed by atoms with Gasteiger partial charge in [0.25, 0.3) is 0 Å². The lowest BCUT2D eigenvalue weighted by Crippen LogP contribution is -2.57. The Labute approximate surface area is 176 Å². The molecule has 160 valence electrons. The molecule has 30 heavy (non-hydrogen) atoms. The number of nitrogens with zero attached hydrogens (tertiary/aromatic N) is 2. The minimum Gasteiger partial charge on any atom is -0.378 e. The van der Waals surface area contributed by atoms with Gasteiger partial charge in [0.05, 0.1) is 25.2 Å². The summed E-state index contributed by atoms with van der Waals surface area (Å²) in [6, 6.07) is 9.86. The smallest absolute Gasteiger partial charge is 0.247 e. The number of fused-ring (bicyclic) bond motifs is 1. The van der Waals surface area contributed by atoms with Crippen LogP contribution in [0.1, 0.15) is 24.4 Å². The molecule has 2 amide bonds. The maximum Gasteiger partial charge on any atom is 0.247 e. The van der Waals surface area contributed by atoms with Crippen LogP contribution in [-0.2, 0) is 14.3 Å². The van der Waals surface area contributed by atoms with Gasteiger partial charge in [-0.3, -0.25) is 14.6 Å². The SMILES string of the molecule is O=C1C=C(C2CCNCC2)N2NC(c3ccccc3)C(C(=O)N3CCOCC3)C2N1. The maximum absolute atomic E-state index is 13.7. The van der Waals surface area contributed by atoms with Crippen molar-refractivity contribution in [2.75, 3.05) is 39.4 Å². The highest BCUT2D eigenvalue weighted by Gasteiger charge is 2.51. The number of benzene rings is 1. The largest absolute Gasteiger partial charge is 0.378 e. The molecule has 5 rings (SSSR count). The van der Waals surface area contributed by atoms with Gasteiger partial charge in [0.15, 0.2) is 0 Å². The van der Waals surface area contributed by atoms with Crippen molar-refractivity contribution in [1.82, 2.24) is 26.0 Å². The Morgan fingerprint density at radius 3 is 2.53 bits per heavy atom. The number of hydrazine groups is 1. The van der Waals surface area contributed by atoms with E-state index in [4.69, 9.17) is 4.74 Å². The van der Waals surface area contributed by atoms with Gasteiger partial charge in [-0.05, 0) is 31.5 Å². The van der Waals surface area contributed by atoms with Gasteiger partial charge in [-0.25, -0.2) is 5.43 Å². The summed E-state index contributed by atoms with van der Waals surface area (Å²) in [6.45, 7) is 4.19. The molecule has 0 radical (unpaired) electrons. The molecule has 0 saturated carbocycles. The van der Waals surface area contributed by atoms with Crippen molar-refractivity contribution in [2.24, 2.45) is 11.8 Å². The number of amides is 2. The highest BCUT2D eigenvalue weighted by atomic mass is 16.5. The fraction of sp³-hybridized carbons (Fsp3) is 0.545. The molecule has 8 heteroatoms. The van der Waals surface area contributed by atoms with Gasteiger partial charge in [0, 0.05) is 30.8 Å². The van der Waals surface area contributed by atoms with Gasteiger partial charge in [-0.15, -0.1) is 0 Å². The van der Waals surface area contributed by atoms with E-state index in [0.29, 0.717) is 32.2 Å². The van der Waals surface area contributed by atoms with Crippen molar-refractivity contribution in [3.05, 3.63) is 47.7 Å². The molecule has 3 atom stereocenters.